The number of nitrogens with two attached hydrogens (primary N) is 1. The topological polar surface area (TPSA) is 63.4 Å². The Bertz CT molecular complexity index is 547. The summed E-state index contributed by atoms with van der Waals surface area (Å²) in [6, 6.07) is 5.06. The molecule has 2 aliphatic rings. The molecule has 0 spiro atoms. The molecule has 1 aliphatic heterocycles. The van der Waals surface area contributed by atoms with Crippen LogP contribution >= 0.6 is 0 Å². The number of nitrogens with zero attached hydrogens (tertiary/aromatic N) is 1. The van der Waals surface area contributed by atoms with Gasteiger partial charge in [0, 0.05) is 12.2 Å². The molecule has 1 saturated carbocycles. The largest absolute Gasteiger partial charge is 0.398 e. The normalized spacial score (nSPS) is 20.8. The number of carbonyl (C=O) groups is 2. The molecule has 4 nitrogen and oxygen atoms in total. The molecule has 0 bridgehead atoms. The zero-order valence-electron chi connectivity index (χ0n) is 10.4. The lowest BCUT2D eigenvalue weighted by Crippen LogP contribution is -2.43. The average Bonchev–Trinajstić information content (AvgIpc) is 2.53. The van der Waals surface area contributed by atoms with Crippen molar-refractivity contribution in [3.8, 4) is 0 Å². The summed E-state index contributed by atoms with van der Waals surface area (Å²) < 4.78 is 0. The minimum absolute atomic E-state index is 0.0993. The molecule has 0 aromatic heterocycles. The van der Waals surface area contributed by atoms with Crippen molar-refractivity contribution >= 4 is 17.5 Å². The quantitative estimate of drug-likeness (QED) is 0.639. The number of anilines is 1. The van der Waals surface area contributed by atoms with Crippen molar-refractivity contribution in [2.24, 2.45) is 5.41 Å². The van der Waals surface area contributed by atoms with Gasteiger partial charge >= 0.3 is 0 Å². The maximum absolute atomic E-state index is 12.3. The highest BCUT2D eigenvalue weighted by atomic mass is 16.2. The molecule has 0 unspecified atom stereocenters. The van der Waals surface area contributed by atoms with Crippen LogP contribution in [0.5, 0.6) is 0 Å². The third-order valence-electron chi connectivity index (χ3n) is 4.13. The second-order valence-corrected chi connectivity index (χ2v) is 5.63. The average molecular weight is 244 g/mol. The molecule has 2 N–H and O–H groups in total. The molecule has 1 aromatic rings. The minimum atomic E-state index is -0.235. The number of fused-ring (bicyclic) bond motifs is 1. The van der Waals surface area contributed by atoms with E-state index in [0.717, 1.165) is 12.8 Å². The predicted molar refractivity (Wildman–Crippen MR) is 68.2 cm³/mol. The van der Waals surface area contributed by atoms with Crippen LogP contribution in [-0.2, 0) is 0 Å². The van der Waals surface area contributed by atoms with Crippen LogP contribution in [0.25, 0.3) is 0 Å². The van der Waals surface area contributed by atoms with Crippen molar-refractivity contribution in [2.75, 3.05) is 12.3 Å². The number of rotatable bonds is 2. The molecule has 1 aliphatic carbocycles. The Kier molecular flexibility index (Phi) is 2.24. The van der Waals surface area contributed by atoms with E-state index in [-0.39, 0.29) is 17.2 Å². The summed E-state index contributed by atoms with van der Waals surface area (Å²) in [7, 11) is 0. The van der Waals surface area contributed by atoms with Gasteiger partial charge in [-0.3, -0.25) is 14.5 Å². The van der Waals surface area contributed by atoms with Gasteiger partial charge in [-0.05, 0) is 30.4 Å². The molecular formula is C14H16N2O2. The van der Waals surface area contributed by atoms with E-state index in [1.54, 1.807) is 18.2 Å². The van der Waals surface area contributed by atoms with E-state index in [1.807, 2.05) is 0 Å². The zero-order valence-corrected chi connectivity index (χ0v) is 10.4. The van der Waals surface area contributed by atoms with E-state index in [0.29, 0.717) is 23.4 Å². The van der Waals surface area contributed by atoms with Crippen LogP contribution in [0.15, 0.2) is 18.2 Å². The van der Waals surface area contributed by atoms with Crippen molar-refractivity contribution in [3.05, 3.63) is 29.3 Å². The molecule has 1 heterocycles. The molecule has 1 fully saturated rings. The van der Waals surface area contributed by atoms with Gasteiger partial charge in [-0.1, -0.05) is 19.4 Å². The Labute approximate surface area is 106 Å². The molecule has 2 amide bonds. The highest BCUT2D eigenvalue weighted by Crippen LogP contribution is 2.42. The lowest BCUT2D eigenvalue weighted by Gasteiger charge is -2.40. The van der Waals surface area contributed by atoms with Crippen LogP contribution < -0.4 is 5.73 Å². The van der Waals surface area contributed by atoms with E-state index in [2.05, 4.69) is 6.92 Å². The van der Waals surface area contributed by atoms with Crippen LogP contribution in [-0.4, -0.2) is 23.3 Å². The molecule has 0 atom stereocenters. The van der Waals surface area contributed by atoms with Gasteiger partial charge in [0.15, 0.2) is 0 Å². The molecule has 18 heavy (non-hydrogen) atoms. The summed E-state index contributed by atoms with van der Waals surface area (Å²) in [5.41, 5.74) is 7.12. The number of imide groups is 1. The lowest BCUT2D eigenvalue weighted by atomic mass is 9.70. The predicted octanol–water partition coefficient (Wildman–Crippen LogP) is 2.05. The maximum Gasteiger partial charge on any atom is 0.263 e. The number of hydrogen-bond acceptors (Lipinski definition) is 3. The van der Waals surface area contributed by atoms with Gasteiger partial charge in [0.25, 0.3) is 11.8 Å². The van der Waals surface area contributed by atoms with Crippen LogP contribution in [0.4, 0.5) is 5.69 Å². The first kappa shape index (κ1) is 11.3. The van der Waals surface area contributed by atoms with Crippen LogP contribution in [0, 0.1) is 5.41 Å². The molecule has 1 aromatic carbocycles. The summed E-state index contributed by atoms with van der Waals surface area (Å²) in [5, 5.41) is 0. The number of carbonyl (C=O) groups excluding carboxylic acids is 2. The molecule has 94 valence electrons. The lowest BCUT2D eigenvalue weighted by molar-refractivity contribution is 0.0474. The Morgan fingerprint density at radius 1 is 1.28 bits per heavy atom. The zero-order chi connectivity index (χ0) is 12.9. The molecule has 3 rings (SSSR count). The van der Waals surface area contributed by atoms with Crippen molar-refractivity contribution in [2.45, 2.75) is 26.2 Å². The second kappa shape index (κ2) is 3.57. The van der Waals surface area contributed by atoms with Gasteiger partial charge in [-0.25, -0.2) is 0 Å². The number of benzene rings is 1. The summed E-state index contributed by atoms with van der Waals surface area (Å²) in [4.78, 5) is 25.9. The number of nitrogen functional groups attached to an aromatic ring is 1. The van der Waals surface area contributed by atoms with Crippen LogP contribution in [0.2, 0.25) is 0 Å². The SMILES string of the molecule is CC1(CN2C(=O)c3cccc(N)c3C2=O)CCC1. The highest BCUT2D eigenvalue weighted by Gasteiger charge is 2.42. The standard InChI is InChI=1S/C14H16N2O2/c1-14(6-3-7-14)8-16-12(17)9-4-2-5-10(15)11(9)13(16)18/h2,4-5H,3,6-8,15H2,1H3. The highest BCUT2D eigenvalue weighted by molar-refractivity contribution is 6.23. The van der Waals surface area contributed by atoms with Crippen molar-refractivity contribution in [3.63, 3.8) is 0 Å². The first-order valence-corrected chi connectivity index (χ1v) is 6.27. The Hall–Kier alpha value is -1.84. The smallest absolute Gasteiger partial charge is 0.263 e. The van der Waals surface area contributed by atoms with Crippen molar-refractivity contribution in [1.82, 2.24) is 4.90 Å². The Morgan fingerprint density at radius 2 is 2.00 bits per heavy atom. The van der Waals surface area contributed by atoms with E-state index >= 15 is 0 Å². The summed E-state index contributed by atoms with van der Waals surface area (Å²) >= 11 is 0. The van der Waals surface area contributed by atoms with E-state index in [9.17, 15) is 9.59 Å². The van der Waals surface area contributed by atoms with Crippen molar-refractivity contribution in [1.29, 1.82) is 0 Å². The van der Waals surface area contributed by atoms with E-state index < -0.39 is 0 Å². The van der Waals surface area contributed by atoms with Gasteiger partial charge in [-0.2, -0.15) is 0 Å². The Morgan fingerprint density at radius 3 is 2.56 bits per heavy atom. The van der Waals surface area contributed by atoms with Gasteiger partial charge in [-0.15, -0.1) is 0 Å². The second-order valence-electron chi connectivity index (χ2n) is 5.63. The summed E-state index contributed by atoms with van der Waals surface area (Å²) in [6.45, 7) is 2.64. The third-order valence-corrected chi connectivity index (χ3v) is 4.13. The summed E-state index contributed by atoms with van der Waals surface area (Å²) in [6.07, 6.45) is 3.34. The van der Waals surface area contributed by atoms with Crippen LogP contribution in [0.1, 0.15) is 46.9 Å². The minimum Gasteiger partial charge on any atom is -0.398 e. The van der Waals surface area contributed by atoms with E-state index in [1.165, 1.54) is 11.3 Å². The van der Waals surface area contributed by atoms with Gasteiger partial charge in [0.1, 0.15) is 0 Å². The fourth-order valence-electron chi connectivity index (χ4n) is 2.82. The number of hydrogen-bond donors (Lipinski definition) is 1. The summed E-state index contributed by atoms with van der Waals surface area (Å²) in [5.74, 6) is -0.434. The maximum atomic E-state index is 12.3. The molecular weight excluding hydrogens is 228 g/mol. The number of amides is 2. The van der Waals surface area contributed by atoms with E-state index in [4.69, 9.17) is 5.73 Å². The third kappa shape index (κ3) is 1.45. The van der Waals surface area contributed by atoms with Gasteiger partial charge < -0.3 is 5.73 Å². The monoisotopic (exact) mass is 244 g/mol. The molecule has 4 heteroatoms. The van der Waals surface area contributed by atoms with Crippen molar-refractivity contribution < 1.29 is 9.59 Å². The molecule has 0 saturated heterocycles. The van der Waals surface area contributed by atoms with Gasteiger partial charge in [0.05, 0.1) is 11.1 Å². The fraction of sp³-hybridized carbons (Fsp3) is 0.429. The van der Waals surface area contributed by atoms with Crippen LogP contribution in [0.3, 0.4) is 0 Å². The molecule has 0 radical (unpaired) electrons. The first-order valence-electron chi connectivity index (χ1n) is 6.27. The first-order chi connectivity index (χ1) is 8.52. The fourth-order valence-corrected chi connectivity index (χ4v) is 2.82. The Balaban J connectivity index is 1.95. The van der Waals surface area contributed by atoms with Gasteiger partial charge in [0.2, 0.25) is 0 Å².